The number of rotatable bonds is 3. The van der Waals surface area contributed by atoms with E-state index in [0.717, 1.165) is 25.7 Å². The van der Waals surface area contributed by atoms with Crippen LogP contribution in [0, 0.1) is 12.8 Å². The molecular formula is C17H22N2O5S. The number of fused-ring (bicyclic) bond motifs is 1. The Hall–Kier alpha value is -1.93. The Morgan fingerprint density at radius 1 is 1.24 bits per heavy atom. The highest BCUT2D eigenvalue weighted by Gasteiger charge is 2.47. The number of primary sulfonamides is 1. The van der Waals surface area contributed by atoms with Crippen LogP contribution in [-0.4, -0.2) is 42.4 Å². The van der Waals surface area contributed by atoms with Gasteiger partial charge in [-0.2, -0.15) is 0 Å². The molecule has 25 heavy (non-hydrogen) atoms. The van der Waals surface area contributed by atoms with Gasteiger partial charge in [-0.15, -0.1) is 0 Å². The molecule has 7 nitrogen and oxygen atoms in total. The molecular weight excluding hydrogens is 344 g/mol. The Labute approximate surface area is 146 Å². The van der Waals surface area contributed by atoms with E-state index in [4.69, 9.17) is 5.14 Å². The van der Waals surface area contributed by atoms with Crippen LogP contribution in [0.3, 0.4) is 0 Å². The quantitative estimate of drug-likeness (QED) is 0.840. The second kappa shape index (κ2) is 6.42. The van der Waals surface area contributed by atoms with E-state index in [-0.39, 0.29) is 22.8 Å². The molecule has 136 valence electrons. The molecule has 1 saturated heterocycles. The lowest BCUT2D eigenvalue weighted by atomic mass is 9.84. The number of carboxylic acids is 1. The molecule has 2 aliphatic rings. The lowest BCUT2D eigenvalue weighted by molar-refractivity contribution is -0.141. The van der Waals surface area contributed by atoms with E-state index >= 15 is 0 Å². The number of sulfonamides is 1. The van der Waals surface area contributed by atoms with Crippen LogP contribution in [0.15, 0.2) is 23.1 Å². The van der Waals surface area contributed by atoms with E-state index < -0.39 is 22.0 Å². The van der Waals surface area contributed by atoms with Crippen LogP contribution in [0.5, 0.6) is 0 Å². The summed E-state index contributed by atoms with van der Waals surface area (Å²) in [6.45, 7) is 1.57. The van der Waals surface area contributed by atoms with Crippen molar-refractivity contribution in [1.29, 1.82) is 0 Å². The maximum atomic E-state index is 13.0. The van der Waals surface area contributed by atoms with Gasteiger partial charge in [0, 0.05) is 11.6 Å². The summed E-state index contributed by atoms with van der Waals surface area (Å²) >= 11 is 0. The number of benzene rings is 1. The summed E-state index contributed by atoms with van der Waals surface area (Å²) in [4.78, 5) is 26.1. The number of amides is 1. The summed E-state index contributed by atoms with van der Waals surface area (Å²) < 4.78 is 23.0. The molecule has 1 aromatic rings. The van der Waals surface area contributed by atoms with E-state index in [1.807, 2.05) is 0 Å². The fraction of sp³-hybridized carbons (Fsp3) is 0.529. The van der Waals surface area contributed by atoms with Crippen molar-refractivity contribution in [3.05, 3.63) is 29.3 Å². The van der Waals surface area contributed by atoms with Gasteiger partial charge >= 0.3 is 5.97 Å². The molecule has 1 aliphatic carbocycles. The largest absolute Gasteiger partial charge is 0.480 e. The van der Waals surface area contributed by atoms with E-state index in [2.05, 4.69) is 0 Å². The molecule has 3 N–H and O–H groups in total. The molecule has 0 unspecified atom stereocenters. The van der Waals surface area contributed by atoms with Crippen molar-refractivity contribution in [2.45, 2.75) is 56.0 Å². The third kappa shape index (κ3) is 3.28. The highest BCUT2D eigenvalue weighted by molar-refractivity contribution is 7.89. The molecule has 8 heteroatoms. The number of carbonyl (C=O) groups is 2. The highest BCUT2D eigenvalue weighted by Crippen LogP contribution is 2.40. The first-order chi connectivity index (χ1) is 11.7. The van der Waals surface area contributed by atoms with E-state index in [9.17, 15) is 23.1 Å². The Kier molecular flexibility index (Phi) is 4.59. The smallest absolute Gasteiger partial charge is 0.326 e. The van der Waals surface area contributed by atoms with Crippen LogP contribution >= 0.6 is 0 Å². The Balaban J connectivity index is 1.95. The molecule has 1 amide bonds. The van der Waals surface area contributed by atoms with Crippen molar-refractivity contribution in [2.24, 2.45) is 11.1 Å². The minimum absolute atomic E-state index is 0.0317. The van der Waals surface area contributed by atoms with Crippen LogP contribution < -0.4 is 5.14 Å². The topological polar surface area (TPSA) is 118 Å². The number of aryl methyl sites for hydroxylation is 1. The maximum Gasteiger partial charge on any atom is 0.326 e. The number of likely N-dealkylation sites (tertiary alicyclic amines) is 1. The van der Waals surface area contributed by atoms with Crippen molar-refractivity contribution in [2.75, 3.05) is 0 Å². The van der Waals surface area contributed by atoms with Crippen LogP contribution in [0.25, 0.3) is 0 Å². The summed E-state index contributed by atoms with van der Waals surface area (Å²) in [5.41, 5.74) is 0.669. The third-order valence-corrected chi connectivity index (χ3v) is 6.41. The van der Waals surface area contributed by atoms with Crippen molar-refractivity contribution < 1.29 is 23.1 Å². The van der Waals surface area contributed by atoms with Gasteiger partial charge in [-0.1, -0.05) is 12.8 Å². The van der Waals surface area contributed by atoms with Gasteiger partial charge in [0.25, 0.3) is 5.91 Å². The highest BCUT2D eigenvalue weighted by atomic mass is 32.2. The Bertz CT molecular complexity index is 820. The summed E-state index contributed by atoms with van der Waals surface area (Å²) in [6.07, 6.45) is 4.30. The molecule has 0 aromatic heterocycles. The van der Waals surface area contributed by atoms with Crippen LogP contribution in [0.4, 0.5) is 0 Å². The molecule has 0 bridgehead atoms. The van der Waals surface area contributed by atoms with Crippen LogP contribution in [0.1, 0.15) is 48.0 Å². The number of hydrogen-bond acceptors (Lipinski definition) is 4. The number of nitrogens with zero attached hydrogens (tertiary/aromatic N) is 1. The molecule has 2 fully saturated rings. The van der Waals surface area contributed by atoms with Gasteiger partial charge in [0.15, 0.2) is 0 Å². The molecule has 0 spiro atoms. The standard InChI is InChI=1S/C17H22N2O5S/c1-10-8-12(6-7-15(10)25(18,23)24)16(20)19-13-5-3-2-4-11(13)9-14(19)17(21)22/h6-8,11,13-14H,2-5,9H2,1H3,(H,21,22)(H2,18,23,24)/t11-,13-,14-/m0/s1. The predicted octanol–water partition coefficient (Wildman–Crippen LogP) is 1.50. The second-order valence-corrected chi connectivity index (χ2v) is 8.47. The molecule has 3 rings (SSSR count). The molecule has 1 aliphatic heterocycles. The number of hydrogen-bond donors (Lipinski definition) is 2. The van der Waals surface area contributed by atoms with Crippen LogP contribution in [-0.2, 0) is 14.8 Å². The van der Waals surface area contributed by atoms with Crippen molar-refractivity contribution >= 4 is 21.9 Å². The van der Waals surface area contributed by atoms with E-state index in [1.54, 1.807) is 6.92 Å². The predicted molar refractivity (Wildman–Crippen MR) is 90.5 cm³/mol. The first kappa shape index (κ1) is 17.9. The van der Waals surface area contributed by atoms with Gasteiger partial charge in [0.05, 0.1) is 4.90 Å². The van der Waals surface area contributed by atoms with Gasteiger partial charge in [-0.05, 0) is 55.9 Å². The van der Waals surface area contributed by atoms with Gasteiger partial charge < -0.3 is 10.0 Å². The van der Waals surface area contributed by atoms with E-state index in [0.29, 0.717) is 17.5 Å². The first-order valence-electron chi connectivity index (χ1n) is 8.39. The van der Waals surface area contributed by atoms with Gasteiger partial charge in [0.1, 0.15) is 6.04 Å². The summed E-state index contributed by atoms with van der Waals surface area (Å²) in [5, 5.41) is 14.7. The normalized spacial score (nSPS) is 26.3. The average Bonchev–Trinajstić information content (AvgIpc) is 2.92. The number of aliphatic carboxylic acids is 1. The average molecular weight is 366 g/mol. The lowest BCUT2D eigenvalue weighted by Crippen LogP contribution is -2.46. The first-order valence-corrected chi connectivity index (χ1v) is 9.93. The van der Waals surface area contributed by atoms with Crippen LogP contribution in [0.2, 0.25) is 0 Å². The number of nitrogens with two attached hydrogens (primary N) is 1. The van der Waals surface area contributed by atoms with Gasteiger partial charge in [0.2, 0.25) is 10.0 Å². The maximum absolute atomic E-state index is 13.0. The molecule has 0 radical (unpaired) electrons. The van der Waals surface area contributed by atoms with E-state index in [1.165, 1.54) is 23.1 Å². The fourth-order valence-electron chi connectivity index (χ4n) is 4.22. The minimum Gasteiger partial charge on any atom is -0.480 e. The SMILES string of the molecule is Cc1cc(C(=O)N2[C@H](C(=O)O)C[C@@H]3CCCC[C@@H]32)ccc1S(N)(=O)=O. The number of carbonyl (C=O) groups excluding carboxylic acids is 1. The van der Waals surface area contributed by atoms with Gasteiger partial charge in [-0.3, -0.25) is 4.79 Å². The second-order valence-electron chi connectivity index (χ2n) is 6.94. The van der Waals surface area contributed by atoms with Crippen molar-refractivity contribution in [3.63, 3.8) is 0 Å². The van der Waals surface area contributed by atoms with Crippen molar-refractivity contribution in [1.82, 2.24) is 4.90 Å². The zero-order valence-corrected chi connectivity index (χ0v) is 14.8. The summed E-state index contributed by atoms with van der Waals surface area (Å²) in [7, 11) is -3.86. The molecule has 1 aromatic carbocycles. The van der Waals surface area contributed by atoms with Gasteiger partial charge in [-0.25, -0.2) is 18.4 Å². The van der Waals surface area contributed by atoms with Crippen molar-refractivity contribution in [3.8, 4) is 0 Å². The fourth-order valence-corrected chi connectivity index (χ4v) is 4.99. The zero-order valence-electron chi connectivity index (χ0n) is 14.0. The zero-order chi connectivity index (χ0) is 18.4. The number of carboxylic acid groups (broad SMARTS) is 1. The monoisotopic (exact) mass is 366 g/mol. The molecule has 3 atom stereocenters. The lowest BCUT2D eigenvalue weighted by Gasteiger charge is -2.33. The minimum atomic E-state index is -3.86. The molecule has 1 heterocycles. The third-order valence-electron chi connectivity index (χ3n) is 5.34. The summed E-state index contributed by atoms with van der Waals surface area (Å²) in [5.74, 6) is -1.12. The Morgan fingerprint density at radius 2 is 1.92 bits per heavy atom. The summed E-state index contributed by atoms with van der Waals surface area (Å²) in [6, 6.07) is 3.31. The Morgan fingerprint density at radius 3 is 2.52 bits per heavy atom. The molecule has 1 saturated carbocycles.